The molecule has 3 aliphatic rings. The zero-order chi connectivity index (χ0) is 16.3. The van der Waals surface area contributed by atoms with Crippen LogP contribution in [0.15, 0.2) is 12.2 Å². The van der Waals surface area contributed by atoms with Gasteiger partial charge in [0.2, 0.25) is 0 Å². The molecule has 0 atom stereocenters. The first kappa shape index (κ1) is 16.7. The third-order valence-corrected chi connectivity index (χ3v) is 5.03. The molecule has 23 heavy (non-hydrogen) atoms. The number of hydrogen-bond acceptors (Lipinski definition) is 4. The molecule has 3 rings (SSSR count). The molecule has 0 aliphatic carbocycles. The Morgan fingerprint density at radius 1 is 1.17 bits per heavy atom. The molecule has 6 heteroatoms. The summed E-state index contributed by atoms with van der Waals surface area (Å²) in [6.07, 6.45) is 3.58. The van der Waals surface area contributed by atoms with Gasteiger partial charge < -0.3 is 19.7 Å². The molecule has 0 radical (unpaired) electrons. The van der Waals surface area contributed by atoms with E-state index < -0.39 is 5.79 Å². The van der Waals surface area contributed by atoms with Crippen LogP contribution in [-0.2, 0) is 9.47 Å². The Morgan fingerprint density at radius 3 is 2.35 bits per heavy atom. The van der Waals surface area contributed by atoms with Gasteiger partial charge in [0.1, 0.15) is 0 Å². The van der Waals surface area contributed by atoms with Gasteiger partial charge in [-0.15, -0.1) is 0 Å². The number of ether oxygens (including phenoxy) is 2. The lowest BCUT2D eigenvalue weighted by molar-refractivity contribution is -0.181. The van der Waals surface area contributed by atoms with Crippen LogP contribution in [0.4, 0.5) is 4.79 Å². The summed E-state index contributed by atoms with van der Waals surface area (Å²) < 4.78 is 11.4. The standard InChI is InChI=1S/C17H29N3O3/c1-14(2)13-19-7-3-15(4-8-19)18-16(21)20-9-5-17(6-10-20)22-11-12-23-17/h15H,1,3-13H2,2H3,(H,18,21). The van der Waals surface area contributed by atoms with E-state index in [-0.39, 0.29) is 6.03 Å². The predicted molar refractivity (Wildman–Crippen MR) is 88.2 cm³/mol. The number of hydrogen-bond donors (Lipinski definition) is 1. The van der Waals surface area contributed by atoms with Gasteiger partial charge in [-0.2, -0.15) is 0 Å². The van der Waals surface area contributed by atoms with Gasteiger partial charge in [0.05, 0.1) is 13.2 Å². The smallest absolute Gasteiger partial charge is 0.317 e. The lowest BCUT2D eigenvalue weighted by Gasteiger charge is -2.39. The van der Waals surface area contributed by atoms with Gasteiger partial charge in [-0.05, 0) is 19.8 Å². The number of piperidine rings is 2. The first-order valence-corrected chi connectivity index (χ1v) is 8.76. The van der Waals surface area contributed by atoms with Crippen LogP contribution < -0.4 is 5.32 Å². The summed E-state index contributed by atoms with van der Waals surface area (Å²) in [7, 11) is 0. The van der Waals surface area contributed by atoms with Crippen molar-refractivity contribution in [1.29, 1.82) is 0 Å². The summed E-state index contributed by atoms with van der Waals surface area (Å²) in [5.41, 5.74) is 1.20. The molecule has 3 saturated heterocycles. The lowest BCUT2D eigenvalue weighted by Crippen LogP contribution is -2.53. The molecule has 0 aromatic heterocycles. The average Bonchev–Trinajstić information content (AvgIpc) is 2.97. The van der Waals surface area contributed by atoms with Gasteiger partial charge >= 0.3 is 6.03 Å². The van der Waals surface area contributed by atoms with Crippen molar-refractivity contribution in [3.05, 3.63) is 12.2 Å². The van der Waals surface area contributed by atoms with E-state index in [0.29, 0.717) is 32.3 Å². The van der Waals surface area contributed by atoms with E-state index in [1.54, 1.807) is 0 Å². The van der Waals surface area contributed by atoms with E-state index in [9.17, 15) is 4.79 Å². The van der Waals surface area contributed by atoms with Gasteiger partial charge in [-0.3, -0.25) is 4.90 Å². The van der Waals surface area contributed by atoms with Crippen LogP contribution in [0, 0.1) is 0 Å². The van der Waals surface area contributed by atoms with Crippen LogP contribution >= 0.6 is 0 Å². The molecule has 3 aliphatic heterocycles. The molecule has 0 aromatic rings. The molecule has 3 fully saturated rings. The van der Waals surface area contributed by atoms with Crippen molar-refractivity contribution in [1.82, 2.24) is 15.1 Å². The van der Waals surface area contributed by atoms with Crippen LogP contribution in [0.25, 0.3) is 0 Å². The molecule has 130 valence electrons. The van der Waals surface area contributed by atoms with E-state index in [1.807, 2.05) is 4.90 Å². The monoisotopic (exact) mass is 323 g/mol. The van der Waals surface area contributed by atoms with Crippen LogP contribution in [-0.4, -0.2) is 73.6 Å². The predicted octanol–water partition coefficient (Wildman–Crippen LogP) is 1.58. The topological polar surface area (TPSA) is 54.0 Å². The quantitative estimate of drug-likeness (QED) is 0.801. The number of carbonyl (C=O) groups is 1. The minimum Gasteiger partial charge on any atom is -0.347 e. The fourth-order valence-corrected chi connectivity index (χ4v) is 3.72. The number of likely N-dealkylation sites (tertiary alicyclic amines) is 2. The van der Waals surface area contributed by atoms with Crippen molar-refractivity contribution in [3.8, 4) is 0 Å². The lowest BCUT2D eigenvalue weighted by atomic mass is 10.0. The van der Waals surface area contributed by atoms with Crippen LogP contribution in [0.5, 0.6) is 0 Å². The van der Waals surface area contributed by atoms with Crippen molar-refractivity contribution >= 4 is 6.03 Å². The van der Waals surface area contributed by atoms with Crippen molar-refractivity contribution in [2.45, 2.75) is 44.4 Å². The Morgan fingerprint density at radius 2 is 1.78 bits per heavy atom. The molecular weight excluding hydrogens is 294 g/mol. The molecular formula is C17H29N3O3. The fourth-order valence-electron chi connectivity index (χ4n) is 3.72. The van der Waals surface area contributed by atoms with E-state index in [2.05, 4.69) is 23.7 Å². The number of rotatable bonds is 3. The largest absolute Gasteiger partial charge is 0.347 e. The molecule has 6 nitrogen and oxygen atoms in total. The summed E-state index contributed by atoms with van der Waals surface area (Å²) in [4.78, 5) is 16.7. The molecule has 0 bridgehead atoms. The Bertz CT molecular complexity index is 430. The zero-order valence-electron chi connectivity index (χ0n) is 14.2. The van der Waals surface area contributed by atoms with Gasteiger partial charge in [0.25, 0.3) is 0 Å². The molecule has 3 heterocycles. The van der Waals surface area contributed by atoms with Crippen molar-refractivity contribution in [2.24, 2.45) is 0 Å². The molecule has 2 amide bonds. The number of amides is 2. The SMILES string of the molecule is C=C(C)CN1CCC(NC(=O)N2CCC3(CC2)OCCO3)CC1. The maximum absolute atomic E-state index is 12.4. The normalized spacial score (nSPS) is 25.7. The summed E-state index contributed by atoms with van der Waals surface area (Å²) in [5.74, 6) is -0.412. The fraction of sp³-hybridized carbons (Fsp3) is 0.824. The van der Waals surface area contributed by atoms with Gasteiger partial charge in [0.15, 0.2) is 5.79 Å². The Kier molecular flexibility index (Phi) is 5.24. The van der Waals surface area contributed by atoms with Gasteiger partial charge in [0, 0.05) is 51.6 Å². The summed E-state index contributed by atoms with van der Waals surface area (Å²) in [5, 5.41) is 3.20. The summed E-state index contributed by atoms with van der Waals surface area (Å²) in [6.45, 7) is 11.8. The highest BCUT2D eigenvalue weighted by Crippen LogP contribution is 2.31. The van der Waals surface area contributed by atoms with E-state index in [4.69, 9.17) is 9.47 Å². The molecule has 0 unspecified atom stereocenters. The minimum atomic E-state index is -0.412. The maximum Gasteiger partial charge on any atom is 0.317 e. The molecule has 0 aromatic carbocycles. The summed E-state index contributed by atoms with van der Waals surface area (Å²) in [6, 6.07) is 0.356. The highest BCUT2D eigenvalue weighted by atomic mass is 16.7. The Labute approximate surface area is 138 Å². The highest BCUT2D eigenvalue weighted by molar-refractivity contribution is 5.74. The minimum absolute atomic E-state index is 0.0659. The number of carbonyl (C=O) groups excluding carboxylic acids is 1. The van der Waals surface area contributed by atoms with E-state index in [1.165, 1.54) is 5.57 Å². The molecule has 1 spiro atoms. The highest BCUT2D eigenvalue weighted by Gasteiger charge is 2.41. The summed E-state index contributed by atoms with van der Waals surface area (Å²) >= 11 is 0. The Hall–Kier alpha value is -1.11. The van der Waals surface area contributed by atoms with Crippen molar-refractivity contribution < 1.29 is 14.3 Å². The molecule has 1 N–H and O–H groups in total. The van der Waals surface area contributed by atoms with E-state index >= 15 is 0 Å². The maximum atomic E-state index is 12.4. The van der Waals surface area contributed by atoms with Crippen LogP contribution in [0.3, 0.4) is 0 Å². The third kappa shape index (κ3) is 4.25. The van der Waals surface area contributed by atoms with Crippen LogP contribution in [0.2, 0.25) is 0 Å². The first-order valence-electron chi connectivity index (χ1n) is 8.76. The number of nitrogens with one attached hydrogen (secondary N) is 1. The van der Waals surface area contributed by atoms with Crippen molar-refractivity contribution in [3.63, 3.8) is 0 Å². The number of nitrogens with zero attached hydrogens (tertiary/aromatic N) is 2. The zero-order valence-corrected chi connectivity index (χ0v) is 14.2. The third-order valence-electron chi connectivity index (χ3n) is 5.03. The molecule has 0 saturated carbocycles. The van der Waals surface area contributed by atoms with E-state index in [0.717, 1.165) is 45.3 Å². The van der Waals surface area contributed by atoms with Crippen LogP contribution in [0.1, 0.15) is 32.6 Å². The second kappa shape index (κ2) is 7.20. The second-order valence-electron chi connectivity index (χ2n) is 7.05. The average molecular weight is 323 g/mol. The van der Waals surface area contributed by atoms with Gasteiger partial charge in [-0.25, -0.2) is 4.79 Å². The Balaban J connectivity index is 1.39. The first-order chi connectivity index (χ1) is 11.1. The number of urea groups is 1. The van der Waals surface area contributed by atoms with Gasteiger partial charge in [-0.1, -0.05) is 12.2 Å². The van der Waals surface area contributed by atoms with Crippen molar-refractivity contribution in [2.75, 3.05) is 45.9 Å². The second-order valence-corrected chi connectivity index (χ2v) is 7.05.